The van der Waals surface area contributed by atoms with E-state index in [0.29, 0.717) is 5.56 Å². The number of hydrogen-bond donors (Lipinski definition) is 2. The fourth-order valence-electron chi connectivity index (χ4n) is 2.58. The van der Waals surface area contributed by atoms with Gasteiger partial charge in [0, 0.05) is 29.2 Å². The van der Waals surface area contributed by atoms with Crippen molar-refractivity contribution in [1.29, 1.82) is 0 Å². The van der Waals surface area contributed by atoms with Crippen molar-refractivity contribution in [1.82, 2.24) is 9.97 Å². The van der Waals surface area contributed by atoms with Gasteiger partial charge in [-0.3, -0.25) is 9.78 Å². The summed E-state index contributed by atoms with van der Waals surface area (Å²) in [5.74, 6) is -0.419. The quantitative estimate of drug-likeness (QED) is 0.747. The molecule has 2 heterocycles. The van der Waals surface area contributed by atoms with E-state index in [1.165, 1.54) is 0 Å². The highest BCUT2D eigenvalue weighted by molar-refractivity contribution is 6.02. The zero-order chi connectivity index (χ0) is 14.3. The number of aromatic amines is 1. The van der Waals surface area contributed by atoms with E-state index in [1.807, 2.05) is 44.3 Å². The SMILES string of the molecule is Cc1cnc(C)c(-c2ccc3[nH]ccc3c2)c1C(N)=O. The lowest BCUT2D eigenvalue weighted by Gasteiger charge is -2.12. The van der Waals surface area contributed by atoms with E-state index in [1.54, 1.807) is 6.20 Å². The number of aryl methyl sites for hydroxylation is 2. The molecule has 3 N–H and O–H groups in total. The zero-order valence-electron chi connectivity index (χ0n) is 11.4. The van der Waals surface area contributed by atoms with E-state index in [2.05, 4.69) is 9.97 Å². The predicted octanol–water partition coefficient (Wildman–Crippen LogP) is 2.95. The monoisotopic (exact) mass is 265 g/mol. The fourth-order valence-corrected chi connectivity index (χ4v) is 2.58. The van der Waals surface area contributed by atoms with Crippen molar-refractivity contribution in [2.24, 2.45) is 5.73 Å². The summed E-state index contributed by atoms with van der Waals surface area (Å²) in [6, 6.07) is 8.02. The minimum absolute atomic E-state index is 0.419. The number of rotatable bonds is 2. The minimum atomic E-state index is -0.419. The highest BCUT2D eigenvalue weighted by atomic mass is 16.1. The number of fused-ring (bicyclic) bond motifs is 1. The molecule has 1 aromatic carbocycles. The van der Waals surface area contributed by atoms with Crippen molar-refractivity contribution in [3.8, 4) is 11.1 Å². The third-order valence-electron chi connectivity index (χ3n) is 3.55. The van der Waals surface area contributed by atoms with E-state index in [-0.39, 0.29) is 0 Å². The van der Waals surface area contributed by atoms with Crippen molar-refractivity contribution >= 4 is 16.8 Å². The Bertz CT molecular complexity index is 818. The van der Waals surface area contributed by atoms with Crippen LogP contribution in [0.3, 0.4) is 0 Å². The average Bonchev–Trinajstić information content (AvgIpc) is 2.87. The standard InChI is InChI=1S/C16H15N3O/c1-9-8-19-10(2)15(14(9)16(17)20)12-3-4-13-11(7-12)5-6-18-13/h3-8,18H,1-2H3,(H2,17,20). The fraction of sp³-hybridized carbons (Fsp3) is 0.125. The normalized spacial score (nSPS) is 10.9. The average molecular weight is 265 g/mol. The number of H-pyrrole nitrogens is 1. The summed E-state index contributed by atoms with van der Waals surface area (Å²) in [5.41, 5.74) is 10.5. The molecule has 0 bridgehead atoms. The first-order chi connectivity index (χ1) is 9.58. The van der Waals surface area contributed by atoms with Gasteiger partial charge in [0.2, 0.25) is 5.91 Å². The predicted molar refractivity (Wildman–Crippen MR) is 79.5 cm³/mol. The third-order valence-corrected chi connectivity index (χ3v) is 3.55. The largest absolute Gasteiger partial charge is 0.366 e. The molecule has 100 valence electrons. The van der Waals surface area contributed by atoms with E-state index in [0.717, 1.165) is 33.3 Å². The second kappa shape index (κ2) is 4.49. The third kappa shape index (κ3) is 1.86. The molecular weight excluding hydrogens is 250 g/mol. The van der Waals surface area contributed by atoms with Crippen molar-refractivity contribution in [2.75, 3.05) is 0 Å². The van der Waals surface area contributed by atoms with Crippen LogP contribution in [-0.4, -0.2) is 15.9 Å². The lowest BCUT2D eigenvalue weighted by atomic mass is 9.94. The second-order valence-corrected chi connectivity index (χ2v) is 4.92. The summed E-state index contributed by atoms with van der Waals surface area (Å²) in [5, 5.41) is 1.10. The van der Waals surface area contributed by atoms with Crippen molar-refractivity contribution in [3.63, 3.8) is 0 Å². The molecule has 3 rings (SSSR count). The molecule has 0 saturated carbocycles. The maximum Gasteiger partial charge on any atom is 0.249 e. The molecule has 0 aliphatic heterocycles. The molecule has 0 saturated heterocycles. The number of aromatic nitrogens is 2. The van der Waals surface area contributed by atoms with Crippen LogP contribution in [0.1, 0.15) is 21.6 Å². The highest BCUT2D eigenvalue weighted by Crippen LogP contribution is 2.30. The number of primary amides is 1. The molecule has 0 spiro atoms. The number of amides is 1. The first-order valence-corrected chi connectivity index (χ1v) is 6.41. The van der Waals surface area contributed by atoms with E-state index >= 15 is 0 Å². The lowest BCUT2D eigenvalue weighted by molar-refractivity contribution is 0.1000. The Hall–Kier alpha value is -2.62. The maximum absolute atomic E-state index is 11.8. The van der Waals surface area contributed by atoms with Crippen LogP contribution in [0.4, 0.5) is 0 Å². The molecule has 0 fully saturated rings. The summed E-state index contributed by atoms with van der Waals surface area (Å²) in [7, 11) is 0. The minimum Gasteiger partial charge on any atom is -0.366 e. The molecule has 0 radical (unpaired) electrons. The molecular formula is C16H15N3O. The highest BCUT2D eigenvalue weighted by Gasteiger charge is 2.16. The Labute approximate surface area is 116 Å². The molecule has 3 aromatic rings. The van der Waals surface area contributed by atoms with Crippen LogP contribution < -0.4 is 5.73 Å². The van der Waals surface area contributed by atoms with Gasteiger partial charge in [-0.25, -0.2) is 0 Å². The topological polar surface area (TPSA) is 71.8 Å². The number of carbonyl (C=O) groups excluding carboxylic acids is 1. The Kier molecular flexibility index (Phi) is 2.79. The van der Waals surface area contributed by atoms with Gasteiger partial charge in [-0.1, -0.05) is 6.07 Å². The molecule has 2 aromatic heterocycles. The van der Waals surface area contributed by atoms with Gasteiger partial charge in [0.1, 0.15) is 0 Å². The molecule has 0 aliphatic rings. The first kappa shape index (κ1) is 12.4. The van der Waals surface area contributed by atoms with E-state index < -0.39 is 5.91 Å². The molecule has 0 unspecified atom stereocenters. The number of nitrogens with two attached hydrogens (primary N) is 1. The second-order valence-electron chi connectivity index (χ2n) is 4.92. The summed E-state index contributed by atoms with van der Waals surface area (Å²) >= 11 is 0. The van der Waals surface area contributed by atoms with Gasteiger partial charge in [-0.05, 0) is 48.6 Å². The van der Waals surface area contributed by atoms with Crippen LogP contribution in [0, 0.1) is 13.8 Å². The van der Waals surface area contributed by atoms with Crippen LogP contribution >= 0.6 is 0 Å². The zero-order valence-corrected chi connectivity index (χ0v) is 11.4. The van der Waals surface area contributed by atoms with Gasteiger partial charge >= 0.3 is 0 Å². The molecule has 0 atom stereocenters. The van der Waals surface area contributed by atoms with Crippen LogP contribution in [-0.2, 0) is 0 Å². The summed E-state index contributed by atoms with van der Waals surface area (Å²) in [6.45, 7) is 3.74. The number of nitrogens with one attached hydrogen (secondary N) is 1. The number of nitrogens with zero attached hydrogens (tertiary/aromatic N) is 1. The molecule has 0 aliphatic carbocycles. The Morgan fingerprint density at radius 3 is 2.80 bits per heavy atom. The maximum atomic E-state index is 11.8. The van der Waals surface area contributed by atoms with Crippen LogP contribution in [0.25, 0.3) is 22.0 Å². The number of pyridine rings is 1. The van der Waals surface area contributed by atoms with Gasteiger partial charge in [0.25, 0.3) is 0 Å². The smallest absolute Gasteiger partial charge is 0.249 e. The van der Waals surface area contributed by atoms with Crippen molar-refractivity contribution in [2.45, 2.75) is 13.8 Å². The Morgan fingerprint density at radius 2 is 2.05 bits per heavy atom. The Balaban J connectivity index is 2.32. The molecule has 1 amide bonds. The van der Waals surface area contributed by atoms with Gasteiger partial charge in [-0.2, -0.15) is 0 Å². The van der Waals surface area contributed by atoms with Gasteiger partial charge in [0.15, 0.2) is 0 Å². The van der Waals surface area contributed by atoms with Gasteiger partial charge in [-0.15, -0.1) is 0 Å². The van der Waals surface area contributed by atoms with Gasteiger partial charge < -0.3 is 10.7 Å². The van der Waals surface area contributed by atoms with Gasteiger partial charge in [0.05, 0.1) is 5.56 Å². The number of hydrogen-bond acceptors (Lipinski definition) is 2. The summed E-state index contributed by atoms with van der Waals surface area (Å²) < 4.78 is 0. The number of benzene rings is 1. The number of carbonyl (C=O) groups is 1. The lowest BCUT2D eigenvalue weighted by Crippen LogP contribution is -2.15. The van der Waals surface area contributed by atoms with E-state index in [4.69, 9.17) is 5.73 Å². The van der Waals surface area contributed by atoms with Crippen LogP contribution in [0.15, 0.2) is 36.7 Å². The van der Waals surface area contributed by atoms with Crippen LogP contribution in [0.5, 0.6) is 0 Å². The van der Waals surface area contributed by atoms with Crippen molar-refractivity contribution < 1.29 is 4.79 Å². The first-order valence-electron chi connectivity index (χ1n) is 6.41. The summed E-state index contributed by atoms with van der Waals surface area (Å²) in [4.78, 5) is 19.3. The Morgan fingerprint density at radius 1 is 1.25 bits per heavy atom. The molecule has 4 heteroatoms. The van der Waals surface area contributed by atoms with Crippen LogP contribution in [0.2, 0.25) is 0 Å². The molecule has 20 heavy (non-hydrogen) atoms. The van der Waals surface area contributed by atoms with Crippen molar-refractivity contribution in [3.05, 3.63) is 53.5 Å². The van der Waals surface area contributed by atoms with E-state index in [9.17, 15) is 4.79 Å². The summed E-state index contributed by atoms with van der Waals surface area (Å²) in [6.07, 6.45) is 3.58. The molecule has 4 nitrogen and oxygen atoms in total.